The Morgan fingerprint density at radius 2 is 0.944 bits per heavy atom. The van der Waals surface area contributed by atoms with E-state index in [1.165, 1.54) is 0 Å². The number of methoxy groups -OCH3 is 2. The smallest absolute Gasteiger partial charge is 0.180 e. The van der Waals surface area contributed by atoms with Crippen molar-refractivity contribution < 1.29 is 9.47 Å². The maximum absolute atomic E-state index is 6.44. The highest BCUT2D eigenvalue weighted by molar-refractivity contribution is 5.90. The molecule has 6 rings (SSSR count). The molecule has 0 atom stereocenters. The van der Waals surface area contributed by atoms with E-state index in [-0.39, 0.29) is 0 Å². The van der Waals surface area contributed by atoms with Crippen LogP contribution in [0.5, 0.6) is 0 Å². The maximum Gasteiger partial charge on any atom is 0.180 e. The molecule has 0 aromatic heterocycles. The van der Waals surface area contributed by atoms with E-state index in [9.17, 15) is 0 Å². The fraction of sp³-hybridized carbons (Fsp3) is 0.118. The Hall–Kier alpha value is -4.34. The van der Waals surface area contributed by atoms with Crippen LogP contribution in [0, 0.1) is 24.2 Å². The molecule has 1 aliphatic carbocycles. The van der Waals surface area contributed by atoms with Crippen LogP contribution in [-0.4, -0.2) is 14.2 Å². The first-order valence-corrected chi connectivity index (χ1v) is 11.9. The second-order valence-electron chi connectivity index (χ2n) is 9.02. The summed E-state index contributed by atoms with van der Waals surface area (Å²) < 4.78 is 12.7. The monoisotopic (exact) mass is 464 g/mol. The summed E-state index contributed by atoms with van der Waals surface area (Å²) in [7, 11) is 3.39. The van der Waals surface area contributed by atoms with E-state index in [1.807, 2.05) is 54.6 Å². The van der Waals surface area contributed by atoms with Crippen molar-refractivity contribution in [1.29, 1.82) is 0 Å². The largest absolute Gasteiger partial charge is 0.357 e. The topological polar surface area (TPSA) is 18.5 Å². The molecule has 0 saturated carbocycles. The third-order valence-electron chi connectivity index (χ3n) is 7.26. The molecule has 0 aliphatic heterocycles. The van der Waals surface area contributed by atoms with Gasteiger partial charge >= 0.3 is 0 Å². The Bertz CT molecular complexity index is 1640. The molecule has 0 amide bonds. The summed E-state index contributed by atoms with van der Waals surface area (Å²) >= 11 is 0. The van der Waals surface area contributed by atoms with Crippen molar-refractivity contribution >= 4 is 21.5 Å². The third kappa shape index (κ3) is 3.10. The molecule has 0 radical (unpaired) electrons. The van der Waals surface area contributed by atoms with Crippen LogP contribution in [0.4, 0.5) is 0 Å². The highest BCUT2D eigenvalue weighted by Gasteiger charge is 2.51. The van der Waals surface area contributed by atoms with E-state index < -0.39 is 11.2 Å². The van der Waals surface area contributed by atoms with E-state index in [0.29, 0.717) is 0 Å². The zero-order valence-electron chi connectivity index (χ0n) is 20.2. The van der Waals surface area contributed by atoms with Gasteiger partial charge in [-0.1, -0.05) is 84.5 Å². The molecule has 1 aliphatic rings. The molecule has 2 nitrogen and oxygen atoms in total. The summed E-state index contributed by atoms with van der Waals surface area (Å²) in [6, 6.07) is 35.0. The first-order valence-electron chi connectivity index (χ1n) is 11.9. The molecule has 0 heterocycles. The Kier molecular flexibility index (Phi) is 5.17. The fourth-order valence-electron chi connectivity index (χ4n) is 5.46. The number of terminal acetylenes is 1. The predicted octanol–water partition coefficient (Wildman–Crippen LogP) is 6.77. The molecule has 36 heavy (non-hydrogen) atoms. The minimum atomic E-state index is -1.09. The van der Waals surface area contributed by atoms with Gasteiger partial charge in [-0.05, 0) is 57.9 Å². The third-order valence-corrected chi connectivity index (χ3v) is 7.26. The SMILES string of the molecule is C#CC1(OC)c2cc3ccccc3cc2C(C#Cc2ccccc2)(OC)c2cc3ccccc3cc21. The van der Waals surface area contributed by atoms with Crippen LogP contribution < -0.4 is 0 Å². The van der Waals surface area contributed by atoms with E-state index in [4.69, 9.17) is 15.9 Å². The Morgan fingerprint density at radius 1 is 0.556 bits per heavy atom. The lowest BCUT2D eigenvalue weighted by Crippen LogP contribution is -2.43. The molecule has 0 fully saturated rings. The van der Waals surface area contributed by atoms with Crippen LogP contribution >= 0.6 is 0 Å². The van der Waals surface area contributed by atoms with Gasteiger partial charge in [-0.15, -0.1) is 6.42 Å². The van der Waals surface area contributed by atoms with Crippen LogP contribution in [0.3, 0.4) is 0 Å². The van der Waals surface area contributed by atoms with Crippen molar-refractivity contribution in [1.82, 2.24) is 0 Å². The molecular formula is C34H24O2. The number of ether oxygens (including phenoxy) is 2. The van der Waals surface area contributed by atoms with Gasteiger partial charge in [-0.3, -0.25) is 0 Å². The van der Waals surface area contributed by atoms with Crippen molar-refractivity contribution in [3.63, 3.8) is 0 Å². The Morgan fingerprint density at radius 3 is 1.33 bits per heavy atom. The number of hydrogen-bond acceptors (Lipinski definition) is 2. The van der Waals surface area contributed by atoms with Gasteiger partial charge in [-0.2, -0.15) is 0 Å². The summed E-state index contributed by atoms with van der Waals surface area (Å²) in [5.41, 5.74) is 2.32. The second-order valence-corrected chi connectivity index (χ2v) is 9.02. The van der Waals surface area contributed by atoms with Crippen LogP contribution in [-0.2, 0) is 20.7 Å². The number of benzene rings is 5. The molecule has 0 bridgehead atoms. The van der Waals surface area contributed by atoms with Gasteiger partial charge in [-0.25, -0.2) is 0 Å². The van der Waals surface area contributed by atoms with E-state index in [1.54, 1.807) is 14.2 Å². The van der Waals surface area contributed by atoms with E-state index in [2.05, 4.69) is 66.3 Å². The zero-order chi connectivity index (χ0) is 24.8. The lowest BCUT2D eigenvalue weighted by Gasteiger charge is -2.44. The fourth-order valence-corrected chi connectivity index (χ4v) is 5.46. The molecule has 172 valence electrons. The van der Waals surface area contributed by atoms with E-state index in [0.717, 1.165) is 49.4 Å². The Labute approximate surface area is 211 Å². The molecule has 0 unspecified atom stereocenters. The number of rotatable bonds is 2. The lowest BCUT2D eigenvalue weighted by molar-refractivity contribution is 0.0334. The Balaban J connectivity index is 1.79. The van der Waals surface area contributed by atoms with Gasteiger partial charge in [0.15, 0.2) is 11.2 Å². The lowest BCUT2D eigenvalue weighted by atomic mass is 9.66. The van der Waals surface area contributed by atoms with Crippen LogP contribution in [0.15, 0.2) is 103 Å². The molecule has 5 aromatic rings. The van der Waals surface area contributed by atoms with Crippen molar-refractivity contribution in [2.24, 2.45) is 0 Å². The van der Waals surface area contributed by atoms with Crippen molar-refractivity contribution in [2.75, 3.05) is 14.2 Å². The minimum Gasteiger partial charge on any atom is -0.357 e. The summed E-state index contributed by atoms with van der Waals surface area (Å²) in [6.45, 7) is 0. The van der Waals surface area contributed by atoms with Crippen molar-refractivity contribution in [3.8, 4) is 24.2 Å². The number of fused-ring (bicyclic) bond motifs is 4. The summed E-state index contributed by atoms with van der Waals surface area (Å²) in [5.74, 6) is 9.93. The molecule has 5 aromatic carbocycles. The maximum atomic E-state index is 6.44. The molecule has 0 spiro atoms. The normalized spacial score (nSPS) is 20.1. The van der Waals surface area contributed by atoms with Gasteiger partial charge in [0.1, 0.15) is 0 Å². The average molecular weight is 465 g/mol. The van der Waals surface area contributed by atoms with Crippen LogP contribution in [0.1, 0.15) is 27.8 Å². The highest BCUT2D eigenvalue weighted by atomic mass is 16.5. The standard InChI is InChI=1S/C34H24O2/c1-4-33(35-2)29-20-25-14-8-10-16-27(25)22-31(29)34(36-3,19-18-24-12-6-5-7-13-24)32-23-28-17-11-9-15-26(28)21-30(32)33/h1,5-17,20-23H,2-3H3. The van der Waals surface area contributed by atoms with Gasteiger partial charge in [0.05, 0.1) is 0 Å². The number of hydrogen-bond donors (Lipinski definition) is 0. The molecular weight excluding hydrogens is 440 g/mol. The summed E-state index contributed by atoms with van der Waals surface area (Å²) in [4.78, 5) is 0. The molecule has 2 heteroatoms. The van der Waals surface area contributed by atoms with Gasteiger partial charge in [0.25, 0.3) is 0 Å². The first-order chi connectivity index (χ1) is 17.6. The average Bonchev–Trinajstić information content (AvgIpc) is 2.94. The van der Waals surface area contributed by atoms with Gasteiger partial charge in [0.2, 0.25) is 0 Å². The molecule has 0 N–H and O–H groups in total. The predicted molar refractivity (Wildman–Crippen MR) is 146 cm³/mol. The second kappa shape index (κ2) is 8.40. The summed E-state index contributed by atoms with van der Waals surface area (Å²) in [5, 5.41) is 4.34. The van der Waals surface area contributed by atoms with Crippen molar-refractivity contribution in [3.05, 3.63) is 131 Å². The highest BCUT2D eigenvalue weighted by Crippen LogP contribution is 2.52. The quantitative estimate of drug-likeness (QED) is 0.268. The van der Waals surface area contributed by atoms with E-state index >= 15 is 0 Å². The first kappa shape index (κ1) is 22.1. The van der Waals surface area contributed by atoms with Crippen LogP contribution in [0.25, 0.3) is 21.5 Å². The van der Waals surface area contributed by atoms with Crippen LogP contribution in [0.2, 0.25) is 0 Å². The zero-order valence-corrected chi connectivity index (χ0v) is 20.2. The van der Waals surface area contributed by atoms with Gasteiger partial charge in [0, 0.05) is 42.0 Å². The minimum absolute atomic E-state index is 0.873. The summed E-state index contributed by atoms with van der Waals surface area (Å²) in [6.07, 6.45) is 6.31. The van der Waals surface area contributed by atoms with Gasteiger partial charge < -0.3 is 9.47 Å². The molecule has 0 saturated heterocycles. The van der Waals surface area contributed by atoms with Crippen molar-refractivity contribution in [2.45, 2.75) is 11.2 Å².